The zero-order valence-corrected chi connectivity index (χ0v) is 11.2. The summed E-state index contributed by atoms with van der Waals surface area (Å²) in [5.41, 5.74) is 5.90. The first-order valence-corrected chi connectivity index (χ1v) is 5.98. The summed E-state index contributed by atoms with van der Waals surface area (Å²) in [7, 11) is -5.35. The van der Waals surface area contributed by atoms with Gasteiger partial charge in [0.05, 0.1) is 33.9 Å². The zero-order chi connectivity index (χ0) is 17.7. The van der Waals surface area contributed by atoms with Crippen LogP contribution in [0.15, 0.2) is 17.0 Å². The SMILES string of the molecule is Cl.[2H]C([2H])([2H])Oc1cc(SCCF)c(OC([2H])([2H])[2H])cc1CCN. The van der Waals surface area contributed by atoms with E-state index in [0.717, 1.165) is 11.8 Å². The molecule has 0 heterocycles. The fourth-order valence-electron chi connectivity index (χ4n) is 1.37. The van der Waals surface area contributed by atoms with E-state index in [1.54, 1.807) is 0 Å². The molecule has 1 aromatic rings. The molecule has 0 unspecified atom stereocenters. The second-order valence-electron chi connectivity index (χ2n) is 3.19. The molecular formula is C12H19ClFNO2S. The summed E-state index contributed by atoms with van der Waals surface area (Å²) in [5, 5.41) is 0. The smallest absolute Gasteiger partial charge is 0.132 e. The third kappa shape index (κ3) is 4.55. The Bertz CT molecular complexity index is 529. The maximum absolute atomic E-state index is 12.4. The number of nitrogens with two attached hydrogens (primary N) is 1. The third-order valence-electron chi connectivity index (χ3n) is 2.10. The van der Waals surface area contributed by atoms with Crippen LogP contribution in [-0.4, -0.2) is 33.0 Å². The standard InChI is InChI=1S/C12H18FNO2S.ClH/c1-15-10-8-12(17-6-4-13)11(16-2)7-9(10)3-5-14;/h7-8H,3-6,14H2,1-2H3;1H/i1D3,2D3;. The number of benzene rings is 1. The van der Waals surface area contributed by atoms with E-state index < -0.39 is 20.8 Å². The van der Waals surface area contributed by atoms with Crippen LogP contribution in [0.4, 0.5) is 4.39 Å². The minimum Gasteiger partial charge on any atom is -0.496 e. The van der Waals surface area contributed by atoms with Crippen molar-refractivity contribution in [1.82, 2.24) is 0 Å². The van der Waals surface area contributed by atoms with Gasteiger partial charge in [0.25, 0.3) is 0 Å². The lowest BCUT2D eigenvalue weighted by atomic mass is 10.1. The van der Waals surface area contributed by atoms with Gasteiger partial charge in [-0.1, -0.05) is 0 Å². The second-order valence-corrected chi connectivity index (χ2v) is 4.32. The molecule has 1 aromatic carbocycles. The van der Waals surface area contributed by atoms with Gasteiger partial charge in [-0.2, -0.15) is 0 Å². The van der Waals surface area contributed by atoms with Gasteiger partial charge < -0.3 is 15.2 Å². The van der Waals surface area contributed by atoms with Crippen LogP contribution in [0, 0.1) is 0 Å². The Balaban J connectivity index is 0.00000529. The number of hydrogen-bond donors (Lipinski definition) is 1. The van der Waals surface area contributed by atoms with Gasteiger partial charge in [-0.15, -0.1) is 24.2 Å². The first kappa shape index (κ1) is 9.28. The highest BCUT2D eigenvalue weighted by atomic mass is 35.5. The van der Waals surface area contributed by atoms with Crippen molar-refractivity contribution in [3.8, 4) is 11.5 Å². The quantitative estimate of drug-likeness (QED) is 0.787. The number of rotatable bonds is 7. The highest BCUT2D eigenvalue weighted by Gasteiger charge is 2.11. The Hall–Kier alpha value is -0.650. The minimum absolute atomic E-state index is 0. The van der Waals surface area contributed by atoms with E-state index >= 15 is 0 Å². The van der Waals surface area contributed by atoms with Crippen molar-refractivity contribution in [1.29, 1.82) is 0 Å². The molecule has 0 aliphatic heterocycles. The first-order chi connectivity index (χ1) is 10.6. The normalized spacial score (nSPS) is 16.1. The molecule has 104 valence electrons. The van der Waals surface area contributed by atoms with Gasteiger partial charge >= 0.3 is 0 Å². The van der Waals surface area contributed by atoms with Crippen LogP contribution in [0.2, 0.25) is 0 Å². The van der Waals surface area contributed by atoms with Gasteiger partial charge in [0.15, 0.2) is 0 Å². The third-order valence-corrected chi connectivity index (χ3v) is 3.08. The fraction of sp³-hybridized carbons (Fsp3) is 0.500. The summed E-state index contributed by atoms with van der Waals surface area (Å²) < 4.78 is 65.4. The van der Waals surface area contributed by atoms with Crippen LogP contribution in [0.1, 0.15) is 13.8 Å². The summed E-state index contributed by atoms with van der Waals surface area (Å²) >= 11 is 1.01. The largest absolute Gasteiger partial charge is 0.496 e. The Kier molecular flexibility index (Phi) is 4.80. The van der Waals surface area contributed by atoms with Gasteiger partial charge in [-0.3, -0.25) is 4.39 Å². The van der Waals surface area contributed by atoms with E-state index in [1.807, 2.05) is 0 Å². The van der Waals surface area contributed by atoms with Crippen LogP contribution in [0.5, 0.6) is 11.5 Å². The Morgan fingerprint density at radius 1 is 1.33 bits per heavy atom. The lowest BCUT2D eigenvalue weighted by Gasteiger charge is -2.13. The highest BCUT2D eigenvalue weighted by molar-refractivity contribution is 7.99. The average molecular weight is 302 g/mol. The van der Waals surface area contributed by atoms with Gasteiger partial charge in [0, 0.05) is 5.75 Å². The molecule has 0 bridgehead atoms. The van der Waals surface area contributed by atoms with E-state index in [2.05, 4.69) is 0 Å². The summed E-state index contributed by atoms with van der Waals surface area (Å²) in [6.07, 6.45) is 0.275. The molecule has 3 nitrogen and oxygen atoms in total. The Morgan fingerprint density at radius 2 is 2.06 bits per heavy atom. The molecule has 1 rings (SSSR count). The van der Waals surface area contributed by atoms with Gasteiger partial charge in [-0.25, -0.2) is 0 Å². The minimum atomic E-state index is -2.68. The maximum atomic E-state index is 12.4. The van der Waals surface area contributed by atoms with E-state index in [-0.39, 0.29) is 42.6 Å². The van der Waals surface area contributed by atoms with Gasteiger partial charge in [-0.05, 0) is 30.7 Å². The van der Waals surface area contributed by atoms with E-state index in [1.165, 1.54) is 12.1 Å². The van der Waals surface area contributed by atoms with Gasteiger partial charge in [0.2, 0.25) is 0 Å². The molecule has 0 saturated heterocycles. The van der Waals surface area contributed by atoms with Crippen LogP contribution >= 0.6 is 24.2 Å². The van der Waals surface area contributed by atoms with Crippen molar-refractivity contribution in [3.63, 3.8) is 0 Å². The predicted octanol–water partition coefficient (Wildman–Crippen LogP) is 2.69. The number of methoxy groups -OCH3 is 2. The molecule has 0 fully saturated rings. The van der Waals surface area contributed by atoms with Crippen molar-refractivity contribution < 1.29 is 22.1 Å². The van der Waals surface area contributed by atoms with Gasteiger partial charge in [0.1, 0.15) is 11.5 Å². The summed E-state index contributed by atoms with van der Waals surface area (Å²) in [6.45, 7) is -0.417. The molecule has 0 saturated carbocycles. The molecule has 0 spiro atoms. The van der Waals surface area contributed by atoms with Crippen molar-refractivity contribution in [2.75, 3.05) is 33.0 Å². The molecule has 0 radical (unpaired) electrons. The van der Waals surface area contributed by atoms with Crippen molar-refractivity contribution in [2.45, 2.75) is 11.3 Å². The number of alkyl halides is 1. The molecule has 0 aliphatic rings. The monoisotopic (exact) mass is 301 g/mol. The number of thioether (sulfide) groups is 1. The van der Waals surface area contributed by atoms with Crippen molar-refractivity contribution in [2.24, 2.45) is 5.73 Å². The predicted molar refractivity (Wildman–Crippen MR) is 76.3 cm³/mol. The first-order valence-electron chi connectivity index (χ1n) is 7.99. The zero-order valence-electron chi connectivity index (χ0n) is 15.6. The summed E-state index contributed by atoms with van der Waals surface area (Å²) in [6, 6.07) is 2.72. The van der Waals surface area contributed by atoms with E-state index in [4.69, 9.17) is 23.4 Å². The number of ether oxygens (including phenoxy) is 2. The lowest BCUT2D eigenvalue weighted by molar-refractivity contribution is 0.390. The topological polar surface area (TPSA) is 44.5 Å². The molecule has 0 amide bonds. The molecule has 18 heavy (non-hydrogen) atoms. The fourth-order valence-corrected chi connectivity index (χ4v) is 2.10. The lowest BCUT2D eigenvalue weighted by Crippen LogP contribution is -2.05. The van der Waals surface area contributed by atoms with E-state index in [0.29, 0.717) is 10.5 Å². The second kappa shape index (κ2) is 9.30. The van der Waals surface area contributed by atoms with Crippen molar-refractivity contribution in [3.05, 3.63) is 17.7 Å². The number of halogens is 2. The van der Waals surface area contributed by atoms with Crippen LogP contribution in [0.3, 0.4) is 0 Å². The van der Waals surface area contributed by atoms with Crippen LogP contribution in [-0.2, 0) is 6.42 Å². The van der Waals surface area contributed by atoms with Crippen LogP contribution in [0.25, 0.3) is 0 Å². The molecule has 0 aromatic heterocycles. The molecule has 0 aliphatic carbocycles. The summed E-state index contributed by atoms with van der Waals surface area (Å²) in [5.74, 6) is 0.139. The molecule has 0 atom stereocenters. The Morgan fingerprint density at radius 3 is 2.67 bits per heavy atom. The van der Waals surface area contributed by atoms with Crippen LogP contribution < -0.4 is 15.2 Å². The highest BCUT2D eigenvalue weighted by Crippen LogP contribution is 2.35. The summed E-state index contributed by atoms with van der Waals surface area (Å²) in [4.78, 5) is 0.291. The number of hydrogen-bond acceptors (Lipinski definition) is 4. The average Bonchev–Trinajstić information content (AvgIpc) is 2.37. The van der Waals surface area contributed by atoms with E-state index in [9.17, 15) is 4.39 Å². The molecule has 2 N–H and O–H groups in total. The molecule has 6 heteroatoms. The van der Waals surface area contributed by atoms with Crippen molar-refractivity contribution >= 4 is 24.2 Å². The molecular weight excluding hydrogens is 277 g/mol. The maximum Gasteiger partial charge on any atom is 0.132 e. The Labute approximate surface area is 126 Å².